The smallest absolute Gasteiger partial charge is 0.250 e. The summed E-state index contributed by atoms with van der Waals surface area (Å²) in [5.41, 5.74) is 1.45. The van der Waals surface area contributed by atoms with Crippen LogP contribution in [0.3, 0.4) is 0 Å². The van der Waals surface area contributed by atoms with E-state index in [-0.39, 0.29) is 28.3 Å². The van der Waals surface area contributed by atoms with Crippen molar-refractivity contribution in [1.29, 1.82) is 0 Å². The first-order valence-electron chi connectivity index (χ1n) is 7.94. The molecule has 2 aromatic rings. The van der Waals surface area contributed by atoms with Crippen molar-refractivity contribution in [2.75, 3.05) is 13.2 Å². The Labute approximate surface area is 163 Å². The first-order valence-corrected chi connectivity index (χ1v) is 11.0. The Balaban J connectivity index is 1.78. The summed E-state index contributed by atoms with van der Waals surface area (Å²) >= 11 is 4.28. The van der Waals surface area contributed by atoms with Crippen LogP contribution in [0.15, 0.2) is 32.3 Å². The molecule has 1 aliphatic heterocycles. The monoisotopic (exact) mass is 461 g/mol. The van der Waals surface area contributed by atoms with E-state index in [4.69, 9.17) is 4.74 Å². The molecule has 1 aliphatic rings. The number of sulfonamides is 1. The molecule has 1 aromatic heterocycles. The van der Waals surface area contributed by atoms with Gasteiger partial charge in [0, 0.05) is 24.6 Å². The van der Waals surface area contributed by atoms with Gasteiger partial charge in [0.05, 0.1) is 10.4 Å². The molecule has 26 heavy (non-hydrogen) atoms. The molecule has 1 atom stereocenters. The third-order valence-electron chi connectivity index (χ3n) is 4.07. The van der Waals surface area contributed by atoms with Gasteiger partial charge in [-0.25, -0.2) is 17.5 Å². The number of hydrogen-bond acceptors (Lipinski definition) is 5. The summed E-state index contributed by atoms with van der Waals surface area (Å²) in [6, 6.07) is 5.63. The summed E-state index contributed by atoms with van der Waals surface area (Å²) in [6.07, 6.45) is 0.696. The maximum Gasteiger partial charge on any atom is 0.250 e. The highest BCUT2D eigenvalue weighted by Gasteiger charge is 2.27. The van der Waals surface area contributed by atoms with E-state index in [2.05, 4.69) is 20.7 Å². The molecule has 1 aromatic carbocycles. The number of benzene rings is 1. The number of Topliss-reactive ketones (excluding diaryl/α,β-unsaturated/α-hetero) is 1. The molecule has 0 radical (unpaired) electrons. The van der Waals surface area contributed by atoms with Crippen molar-refractivity contribution >= 4 is 43.1 Å². The highest BCUT2D eigenvalue weighted by molar-refractivity contribution is 9.11. The second-order valence-electron chi connectivity index (χ2n) is 6.12. The second kappa shape index (κ2) is 7.85. The summed E-state index contributed by atoms with van der Waals surface area (Å²) in [5, 5.41) is 0. The highest BCUT2D eigenvalue weighted by atomic mass is 79.9. The van der Waals surface area contributed by atoms with E-state index in [0.29, 0.717) is 40.1 Å². The molecule has 9 heteroatoms. The number of carbonyl (C=O) groups excluding carboxylic acids is 1. The summed E-state index contributed by atoms with van der Waals surface area (Å²) in [7, 11) is -3.71. The number of thiophene rings is 1. The molecule has 5 nitrogen and oxygen atoms in total. The lowest BCUT2D eigenvalue weighted by Gasteiger charge is -2.09. The molecular formula is C17H17BrFNO4S2. The number of nitrogens with one attached hydrogen (secondary N) is 1. The predicted molar refractivity (Wildman–Crippen MR) is 101 cm³/mol. The van der Waals surface area contributed by atoms with Crippen LogP contribution in [0.1, 0.15) is 27.9 Å². The standard InChI is InChI=1S/C17H17BrFNO4S2/c1-10-6-11(2-3-14(10)19)7-15(21)13-8-16(25-17(13)18)26(22,23)20-12-4-5-24-9-12/h2-3,6,8,12,20H,4-5,7,9H2,1H3/t12-/m0/s1. The van der Waals surface area contributed by atoms with Crippen molar-refractivity contribution in [2.24, 2.45) is 0 Å². The maximum absolute atomic E-state index is 13.4. The van der Waals surface area contributed by atoms with Gasteiger partial charge in [0.2, 0.25) is 10.0 Å². The van der Waals surface area contributed by atoms with Crippen molar-refractivity contribution in [1.82, 2.24) is 4.72 Å². The normalized spacial score (nSPS) is 17.6. The van der Waals surface area contributed by atoms with Gasteiger partial charge in [-0.1, -0.05) is 12.1 Å². The highest BCUT2D eigenvalue weighted by Crippen LogP contribution is 2.32. The number of hydrogen-bond donors (Lipinski definition) is 1. The molecule has 0 bridgehead atoms. The van der Waals surface area contributed by atoms with Crippen LogP contribution in [0, 0.1) is 12.7 Å². The molecule has 0 amide bonds. The van der Waals surface area contributed by atoms with Gasteiger partial charge in [0.15, 0.2) is 5.78 Å². The van der Waals surface area contributed by atoms with E-state index in [1.54, 1.807) is 19.1 Å². The van der Waals surface area contributed by atoms with Gasteiger partial charge >= 0.3 is 0 Å². The van der Waals surface area contributed by atoms with Crippen LogP contribution in [0.2, 0.25) is 0 Å². The van der Waals surface area contributed by atoms with E-state index < -0.39 is 10.0 Å². The molecule has 2 heterocycles. The second-order valence-corrected chi connectivity index (χ2v) is 10.4. The Kier molecular flexibility index (Phi) is 5.93. The van der Waals surface area contributed by atoms with Gasteiger partial charge in [0.25, 0.3) is 0 Å². The Hall–Kier alpha value is -1.13. The first-order chi connectivity index (χ1) is 12.3. The van der Waals surface area contributed by atoms with Gasteiger partial charge in [-0.05, 0) is 52.5 Å². The molecule has 1 N–H and O–H groups in total. The fourth-order valence-electron chi connectivity index (χ4n) is 2.67. The maximum atomic E-state index is 13.4. The Bertz CT molecular complexity index is 936. The van der Waals surface area contributed by atoms with E-state index in [9.17, 15) is 17.6 Å². The predicted octanol–water partition coefficient (Wildman–Crippen LogP) is 3.45. The lowest BCUT2D eigenvalue weighted by molar-refractivity contribution is 0.0992. The summed E-state index contributed by atoms with van der Waals surface area (Å²) in [4.78, 5) is 12.6. The fraction of sp³-hybridized carbons (Fsp3) is 0.353. The Morgan fingerprint density at radius 3 is 2.85 bits per heavy atom. The van der Waals surface area contributed by atoms with Crippen LogP contribution in [-0.4, -0.2) is 33.5 Å². The SMILES string of the molecule is Cc1cc(CC(=O)c2cc(S(=O)(=O)N[C@H]3CCOC3)sc2Br)ccc1F. The molecular weight excluding hydrogens is 445 g/mol. The minimum absolute atomic E-state index is 0.0693. The van der Waals surface area contributed by atoms with E-state index in [0.717, 1.165) is 11.3 Å². The number of ketones is 1. The third kappa shape index (κ3) is 4.40. The van der Waals surface area contributed by atoms with Crippen molar-refractivity contribution in [2.45, 2.75) is 30.0 Å². The minimum Gasteiger partial charge on any atom is -0.380 e. The molecule has 1 saturated heterocycles. The number of rotatable bonds is 6. The Morgan fingerprint density at radius 2 is 2.19 bits per heavy atom. The molecule has 140 valence electrons. The van der Waals surface area contributed by atoms with Crippen LogP contribution in [0.25, 0.3) is 0 Å². The molecule has 0 unspecified atom stereocenters. The summed E-state index contributed by atoms with van der Waals surface area (Å²) < 4.78 is 46.6. The lowest BCUT2D eigenvalue weighted by Crippen LogP contribution is -2.34. The minimum atomic E-state index is -3.71. The van der Waals surface area contributed by atoms with E-state index in [1.807, 2.05) is 0 Å². The average molecular weight is 462 g/mol. The zero-order chi connectivity index (χ0) is 18.9. The van der Waals surface area contributed by atoms with E-state index in [1.165, 1.54) is 12.1 Å². The lowest BCUT2D eigenvalue weighted by atomic mass is 10.0. The first kappa shape index (κ1) is 19.6. The topological polar surface area (TPSA) is 72.5 Å². The van der Waals surface area contributed by atoms with Crippen LogP contribution in [0.4, 0.5) is 4.39 Å². The largest absolute Gasteiger partial charge is 0.380 e. The van der Waals surface area contributed by atoms with Crippen LogP contribution in [0.5, 0.6) is 0 Å². The van der Waals surface area contributed by atoms with Crippen molar-refractivity contribution < 1.29 is 22.3 Å². The number of aryl methyl sites for hydroxylation is 1. The zero-order valence-corrected chi connectivity index (χ0v) is 17.1. The van der Waals surface area contributed by atoms with Gasteiger partial charge in [-0.3, -0.25) is 4.79 Å². The third-order valence-corrected chi connectivity index (χ3v) is 7.90. The van der Waals surface area contributed by atoms with Crippen LogP contribution in [-0.2, 0) is 21.2 Å². The van der Waals surface area contributed by atoms with Crippen molar-refractivity contribution in [3.05, 3.63) is 50.6 Å². The number of carbonyl (C=O) groups is 1. The van der Waals surface area contributed by atoms with E-state index >= 15 is 0 Å². The van der Waals surface area contributed by atoms with Gasteiger partial charge in [0.1, 0.15) is 10.0 Å². The van der Waals surface area contributed by atoms with Gasteiger partial charge in [-0.2, -0.15) is 0 Å². The van der Waals surface area contributed by atoms with Crippen LogP contribution < -0.4 is 4.72 Å². The molecule has 0 saturated carbocycles. The molecule has 3 rings (SSSR count). The van der Waals surface area contributed by atoms with Gasteiger partial charge < -0.3 is 4.74 Å². The van der Waals surface area contributed by atoms with Gasteiger partial charge in [-0.15, -0.1) is 11.3 Å². The van der Waals surface area contributed by atoms with Crippen molar-refractivity contribution in [3.8, 4) is 0 Å². The average Bonchev–Trinajstić information content (AvgIpc) is 3.20. The van der Waals surface area contributed by atoms with Crippen molar-refractivity contribution in [3.63, 3.8) is 0 Å². The molecule has 0 aliphatic carbocycles. The summed E-state index contributed by atoms with van der Waals surface area (Å²) in [5.74, 6) is -0.557. The zero-order valence-electron chi connectivity index (χ0n) is 13.9. The fourth-order valence-corrected chi connectivity index (χ4v) is 6.34. The quantitative estimate of drug-likeness (QED) is 0.668. The summed E-state index contributed by atoms with van der Waals surface area (Å²) in [6.45, 7) is 2.51. The number of halogens is 2. The number of ether oxygens (including phenoxy) is 1. The Morgan fingerprint density at radius 1 is 1.42 bits per heavy atom. The molecule has 1 fully saturated rings. The molecule has 0 spiro atoms. The van der Waals surface area contributed by atoms with Crippen LogP contribution >= 0.6 is 27.3 Å².